The van der Waals surface area contributed by atoms with Crippen LogP contribution in [0.1, 0.15) is 15.9 Å². The van der Waals surface area contributed by atoms with Crippen LogP contribution >= 0.6 is 15.9 Å². The second-order valence-corrected chi connectivity index (χ2v) is 5.65. The number of hydrogen-bond donors (Lipinski definition) is 2. The van der Waals surface area contributed by atoms with Crippen LogP contribution in [0.4, 0.5) is 0 Å². The van der Waals surface area contributed by atoms with E-state index in [0.717, 1.165) is 0 Å². The van der Waals surface area contributed by atoms with Gasteiger partial charge in [0.05, 0.1) is 17.8 Å². The number of rotatable bonds is 7. The van der Waals surface area contributed by atoms with E-state index in [9.17, 15) is 9.59 Å². The van der Waals surface area contributed by atoms with Crippen LogP contribution in [0.5, 0.6) is 11.5 Å². The van der Waals surface area contributed by atoms with Gasteiger partial charge in [0, 0.05) is 5.56 Å². The number of nitrogens with one attached hydrogen (secondary N) is 1. The highest BCUT2D eigenvalue weighted by Crippen LogP contribution is 2.25. The van der Waals surface area contributed by atoms with Crippen molar-refractivity contribution in [2.24, 2.45) is 5.10 Å². The first kappa shape index (κ1) is 18.5. The van der Waals surface area contributed by atoms with Gasteiger partial charge in [0.25, 0.3) is 5.91 Å². The number of halogens is 1. The van der Waals surface area contributed by atoms with Crippen LogP contribution in [0.15, 0.2) is 52.0 Å². The van der Waals surface area contributed by atoms with Crippen LogP contribution in [-0.2, 0) is 4.79 Å². The molecule has 0 spiro atoms. The van der Waals surface area contributed by atoms with Crippen LogP contribution in [0, 0.1) is 0 Å². The number of carboxylic acid groups (broad SMARTS) is 1. The number of aliphatic carboxylic acids is 1. The third-order valence-electron chi connectivity index (χ3n) is 3.04. The number of ether oxygens (including phenoxy) is 2. The number of benzene rings is 2. The molecule has 0 aliphatic heterocycles. The Morgan fingerprint density at radius 3 is 2.56 bits per heavy atom. The molecule has 0 radical (unpaired) electrons. The Hall–Kier alpha value is -2.87. The fourth-order valence-corrected chi connectivity index (χ4v) is 2.34. The number of hydrogen-bond acceptors (Lipinski definition) is 5. The quantitative estimate of drug-likeness (QED) is 0.544. The molecule has 25 heavy (non-hydrogen) atoms. The van der Waals surface area contributed by atoms with Gasteiger partial charge in [-0.3, -0.25) is 4.79 Å². The van der Waals surface area contributed by atoms with E-state index in [-0.39, 0.29) is 5.91 Å². The SMILES string of the molecule is COc1ccc(C(=O)N/N=C\c2ccc(OCC(=O)O)c(Br)c2)cc1. The Morgan fingerprint density at radius 2 is 1.96 bits per heavy atom. The molecule has 2 aromatic carbocycles. The summed E-state index contributed by atoms with van der Waals surface area (Å²) in [6.45, 7) is -0.427. The van der Waals surface area contributed by atoms with Crippen molar-refractivity contribution in [2.45, 2.75) is 0 Å². The minimum atomic E-state index is -1.06. The zero-order chi connectivity index (χ0) is 18.2. The largest absolute Gasteiger partial charge is 0.497 e. The van der Waals surface area contributed by atoms with E-state index in [1.165, 1.54) is 6.21 Å². The number of methoxy groups -OCH3 is 1. The van der Waals surface area contributed by atoms with Gasteiger partial charge in [-0.05, 0) is 64.0 Å². The zero-order valence-corrected chi connectivity index (χ0v) is 14.8. The van der Waals surface area contributed by atoms with E-state index in [1.807, 2.05) is 0 Å². The van der Waals surface area contributed by atoms with Crippen molar-refractivity contribution in [2.75, 3.05) is 13.7 Å². The summed E-state index contributed by atoms with van der Waals surface area (Å²) in [6, 6.07) is 11.6. The predicted octanol–water partition coefficient (Wildman–Crippen LogP) is 2.69. The molecule has 7 nitrogen and oxygen atoms in total. The lowest BCUT2D eigenvalue weighted by Crippen LogP contribution is -2.17. The van der Waals surface area contributed by atoms with Gasteiger partial charge >= 0.3 is 5.97 Å². The number of amides is 1. The van der Waals surface area contributed by atoms with Crippen LogP contribution in [0.2, 0.25) is 0 Å². The molecule has 0 bridgehead atoms. The Morgan fingerprint density at radius 1 is 1.24 bits per heavy atom. The highest BCUT2D eigenvalue weighted by Gasteiger charge is 2.06. The molecule has 0 atom stereocenters. The first-order valence-electron chi connectivity index (χ1n) is 7.11. The van der Waals surface area contributed by atoms with Gasteiger partial charge in [-0.2, -0.15) is 5.10 Å². The maximum absolute atomic E-state index is 12.0. The Bertz CT molecular complexity index is 790. The topological polar surface area (TPSA) is 97.2 Å². The fourth-order valence-electron chi connectivity index (χ4n) is 1.83. The Labute approximate surface area is 152 Å². The molecule has 8 heteroatoms. The molecule has 2 rings (SSSR count). The molecular formula is C17H15BrN2O5. The van der Waals surface area contributed by atoms with Crippen LogP contribution in [-0.4, -0.2) is 36.9 Å². The van der Waals surface area contributed by atoms with E-state index in [2.05, 4.69) is 26.5 Å². The monoisotopic (exact) mass is 406 g/mol. The lowest BCUT2D eigenvalue weighted by molar-refractivity contribution is -0.139. The summed E-state index contributed by atoms with van der Waals surface area (Å²) in [5.74, 6) is -0.338. The summed E-state index contributed by atoms with van der Waals surface area (Å²) < 4.78 is 10.7. The smallest absolute Gasteiger partial charge is 0.341 e. The number of hydrazone groups is 1. The number of carbonyl (C=O) groups is 2. The molecule has 0 heterocycles. The fraction of sp³-hybridized carbons (Fsp3) is 0.118. The Kier molecular flexibility index (Phi) is 6.53. The number of carboxylic acids is 1. The van der Waals surface area contributed by atoms with Gasteiger partial charge in [0.1, 0.15) is 11.5 Å². The van der Waals surface area contributed by atoms with Crippen LogP contribution in [0.3, 0.4) is 0 Å². The van der Waals surface area contributed by atoms with Crippen molar-refractivity contribution in [3.63, 3.8) is 0 Å². The molecule has 1 amide bonds. The maximum Gasteiger partial charge on any atom is 0.341 e. The van der Waals surface area contributed by atoms with Gasteiger partial charge in [-0.1, -0.05) is 0 Å². The lowest BCUT2D eigenvalue weighted by Gasteiger charge is -2.06. The molecule has 2 aromatic rings. The summed E-state index contributed by atoms with van der Waals surface area (Å²) in [5, 5.41) is 12.5. The molecule has 0 fully saturated rings. The molecule has 0 saturated carbocycles. The average Bonchev–Trinajstić information content (AvgIpc) is 2.61. The molecule has 0 aromatic heterocycles. The second kappa shape index (κ2) is 8.84. The number of carbonyl (C=O) groups excluding carboxylic acids is 1. The highest BCUT2D eigenvalue weighted by atomic mass is 79.9. The van der Waals surface area contributed by atoms with E-state index in [4.69, 9.17) is 14.6 Å². The summed E-state index contributed by atoms with van der Waals surface area (Å²) >= 11 is 3.29. The standard InChI is InChI=1S/C17H15BrN2O5/c1-24-13-5-3-12(4-6-13)17(23)20-19-9-11-2-7-15(14(18)8-11)25-10-16(21)22/h2-9H,10H2,1H3,(H,20,23)(H,21,22)/b19-9-. The first-order valence-corrected chi connectivity index (χ1v) is 7.90. The summed E-state index contributed by atoms with van der Waals surface area (Å²) in [4.78, 5) is 22.5. The van der Waals surface area contributed by atoms with Crippen molar-refractivity contribution >= 4 is 34.0 Å². The summed E-state index contributed by atoms with van der Waals surface area (Å²) in [5.41, 5.74) is 3.58. The molecule has 0 saturated heterocycles. The van der Waals surface area contributed by atoms with Crippen molar-refractivity contribution in [1.29, 1.82) is 0 Å². The minimum absolute atomic E-state index is 0.348. The van der Waals surface area contributed by atoms with Crippen LogP contribution < -0.4 is 14.9 Å². The predicted molar refractivity (Wildman–Crippen MR) is 95.3 cm³/mol. The molecule has 2 N–H and O–H groups in total. The van der Waals surface area contributed by atoms with Crippen molar-refractivity contribution < 1.29 is 24.2 Å². The summed E-state index contributed by atoms with van der Waals surface area (Å²) in [7, 11) is 1.55. The van der Waals surface area contributed by atoms with Gasteiger partial charge in [0.2, 0.25) is 0 Å². The number of nitrogens with zero attached hydrogens (tertiary/aromatic N) is 1. The van der Waals surface area contributed by atoms with Crippen LogP contribution in [0.25, 0.3) is 0 Å². The van der Waals surface area contributed by atoms with E-state index in [0.29, 0.717) is 27.1 Å². The minimum Gasteiger partial charge on any atom is -0.497 e. The zero-order valence-electron chi connectivity index (χ0n) is 13.2. The van der Waals surface area contributed by atoms with Crippen molar-refractivity contribution in [3.05, 3.63) is 58.1 Å². The lowest BCUT2D eigenvalue weighted by atomic mass is 10.2. The van der Waals surface area contributed by atoms with Gasteiger partial charge < -0.3 is 14.6 Å². The molecule has 130 valence electrons. The normalized spacial score (nSPS) is 10.5. The summed E-state index contributed by atoms with van der Waals surface area (Å²) in [6.07, 6.45) is 1.47. The van der Waals surface area contributed by atoms with Gasteiger partial charge in [0.15, 0.2) is 6.61 Å². The average molecular weight is 407 g/mol. The van der Waals surface area contributed by atoms with Gasteiger partial charge in [-0.25, -0.2) is 10.2 Å². The molecule has 0 aliphatic rings. The maximum atomic E-state index is 12.0. The molecular weight excluding hydrogens is 392 g/mol. The third-order valence-corrected chi connectivity index (χ3v) is 3.66. The highest BCUT2D eigenvalue weighted by molar-refractivity contribution is 9.10. The van der Waals surface area contributed by atoms with Crippen molar-refractivity contribution in [1.82, 2.24) is 5.43 Å². The van der Waals surface area contributed by atoms with E-state index in [1.54, 1.807) is 49.6 Å². The molecule has 0 unspecified atom stereocenters. The second-order valence-electron chi connectivity index (χ2n) is 4.80. The van der Waals surface area contributed by atoms with E-state index >= 15 is 0 Å². The van der Waals surface area contributed by atoms with E-state index < -0.39 is 12.6 Å². The molecule has 0 aliphatic carbocycles. The van der Waals surface area contributed by atoms with Crippen molar-refractivity contribution in [3.8, 4) is 11.5 Å². The Balaban J connectivity index is 1.95. The third kappa shape index (κ3) is 5.61. The first-order chi connectivity index (χ1) is 12.0. The van der Waals surface area contributed by atoms with Gasteiger partial charge in [-0.15, -0.1) is 0 Å².